The van der Waals surface area contributed by atoms with Gasteiger partial charge in [0, 0.05) is 12.6 Å². The maximum Gasteiger partial charge on any atom is 0.230 e. The highest BCUT2D eigenvalue weighted by Crippen LogP contribution is 2.31. The molecule has 1 aromatic carbocycles. The first-order valence-corrected chi connectivity index (χ1v) is 12.8. The van der Waals surface area contributed by atoms with E-state index in [1.165, 1.54) is 67.0 Å². The molecule has 7 heteroatoms. The zero-order chi connectivity index (χ0) is 22.3. The quantitative estimate of drug-likeness (QED) is 0.437. The molecule has 1 N–H and O–H groups in total. The number of rotatable bonds is 9. The number of allylic oxidation sites excluding steroid dienone is 1. The summed E-state index contributed by atoms with van der Waals surface area (Å²) >= 11 is 1.42. The third-order valence-corrected chi connectivity index (χ3v) is 7.50. The van der Waals surface area contributed by atoms with E-state index in [0.717, 1.165) is 36.0 Å². The lowest BCUT2D eigenvalue weighted by Gasteiger charge is -2.22. The second-order valence-corrected chi connectivity index (χ2v) is 9.75. The molecule has 0 atom stereocenters. The third-order valence-electron chi connectivity index (χ3n) is 6.53. The summed E-state index contributed by atoms with van der Waals surface area (Å²) in [6.45, 7) is 6.95. The normalized spacial score (nSPS) is 16.4. The lowest BCUT2D eigenvalue weighted by atomic mass is 9.88. The first kappa shape index (κ1) is 22.9. The van der Waals surface area contributed by atoms with E-state index in [-0.39, 0.29) is 5.91 Å². The van der Waals surface area contributed by atoms with Crippen LogP contribution in [0.25, 0.3) is 0 Å². The average molecular weight is 455 g/mol. The zero-order valence-electron chi connectivity index (χ0n) is 19.1. The maximum atomic E-state index is 12.4. The summed E-state index contributed by atoms with van der Waals surface area (Å²) in [4.78, 5) is 12.4. The molecule has 2 aliphatic carbocycles. The lowest BCUT2D eigenvalue weighted by molar-refractivity contribution is -0.119. The van der Waals surface area contributed by atoms with E-state index >= 15 is 0 Å². The molecule has 1 fully saturated rings. The van der Waals surface area contributed by atoms with Gasteiger partial charge in [-0.1, -0.05) is 43.2 Å². The van der Waals surface area contributed by atoms with Crippen molar-refractivity contribution in [2.75, 3.05) is 5.75 Å². The van der Waals surface area contributed by atoms with Crippen LogP contribution in [0, 0.1) is 6.92 Å². The molecule has 1 heterocycles. The molecule has 32 heavy (non-hydrogen) atoms. The Balaban J connectivity index is 1.37. The molecule has 1 saturated carbocycles. The van der Waals surface area contributed by atoms with Crippen LogP contribution < -0.4 is 10.1 Å². The van der Waals surface area contributed by atoms with Crippen LogP contribution in [-0.2, 0) is 30.8 Å². The Kier molecular flexibility index (Phi) is 7.90. The Bertz CT molecular complexity index is 950. The third kappa shape index (κ3) is 5.55. The zero-order valence-corrected chi connectivity index (χ0v) is 19.9. The van der Waals surface area contributed by atoms with Gasteiger partial charge in [0.2, 0.25) is 5.91 Å². The van der Waals surface area contributed by atoms with E-state index in [2.05, 4.69) is 41.1 Å². The number of nitrogens with zero attached hydrogens (tertiary/aromatic N) is 3. The first-order valence-electron chi connectivity index (χ1n) is 11.8. The number of nitrogens with one attached hydrogen (secondary N) is 1. The van der Waals surface area contributed by atoms with Gasteiger partial charge in [-0.2, -0.15) is 0 Å². The Hall–Kier alpha value is -2.28. The van der Waals surface area contributed by atoms with Crippen LogP contribution in [0.4, 0.5) is 0 Å². The fourth-order valence-corrected chi connectivity index (χ4v) is 5.56. The maximum absolute atomic E-state index is 12.4. The van der Waals surface area contributed by atoms with Gasteiger partial charge in [-0.25, -0.2) is 0 Å². The lowest BCUT2D eigenvalue weighted by Crippen LogP contribution is -2.37. The van der Waals surface area contributed by atoms with Crippen molar-refractivity contribution in [1.82, 2.24) is 20.1 Å². The first-order chi connectivity index (χ1) is 15.7. The molecule has 2 aliphatic rings. The molecule has 0 aliphatic heterocycles. The molecule has 0 radical (unpaired) electrons. The minimum Gasteiger partial charge on any atom is -0.485 e. The molecular weight excluding hydrogens is 420 g/mol. The van der Waals surface area contributed by atoms with Gasteiger partial charge in [0.25, 0.3) is 0 Å². The molecule has 1 aromatic heterocycles. The van der Waals surface area contributed by atoms with Crippen LogP contribution in [0.15, 0.2) is 29.9 Å². The summed E-state index contributed by atoms with van der Waals surface area (Å²) in [5, 5.41) is 12.6. The number of carbonyl (C=O) groups is 1. The van der Waals surface area contributed by atoms with Gasteiger partial charge in [0.05, 0.1) is 5.75 Å². The second kappa shape index (κ2) is 11.0. The van der Waals surface area contributed by atoms with Crippen LogP contribution in [0.2, 0.25) is 0 Å². The number of aromatic nitrogens is 3. The van der Waals surface area contributed by atoms with E-state index in [1.54, 1.807) is 0 Å². The number of aryl methyl sites for hydroxylation is 1. The van der Waals surface area contributed by atoms with Crippen LogP contribution in [0.3, 0.4) is 0 Å². The van der Waals surface area contributed by atoms with Crippen molar-refractivity contribution in [3.05, 3.63) is 47.3 Å². The summed E-state index contributed by atoms with van der Waals surface area (Å²) in [7, 11) is 0. The van der Waals surface area contributed by atoms with Gasteiger partial charge in [-0.05, 0) is 68.2 Å². The van der Waals surface area contributed by atoms with Crippen LogP contribution >= 0.6 is 11.8 Å². The van der Waals surface area contributed by atoms with Gasteiger partial charge in [0.1, 0.15) is 12.4 Å². The molecule has 6 nitrogen and oxygen atoms in total. The molecule has 172 valence electrons. The summed E-state index contributed by atoms with van der Waals surface area (Å²) < 4.78 is 8.15. The fraction of sp³-hybridized carbons (Fsp3) is 0.560. The van der Waals surface area contributed by atoms with Crippen molar-refractivity contribution in [1.29, 1.82) is 0 Å². The van der Waals surface area contributed by atoms with Crippen LogP contribution in [-0.4, -0.2) is 32.5 Å². The van der Waals surface area contributed by atoms with Crippen molar-refractivity contribution in [3.8, 4) is 5.75 Å². The number of carbonyl (C=O) groups excluding carboxylic acids is 1. The molecule has 2 aromatic rings. The molecular formula is C25H34N4O2S. The van der Waals surface area contributed by atoms with E-state index < -0.39 is 0 Å². The summed E-state index contributed by atoms with van der Waals surface area (Å²) in [6.07, 6.45) is 12.5. The molecule has 4 rings (SSSR count). The molecule has 0 unspecified atom stereocenters. The van der Waals surface area contributed by atoms with Crippen LogP contribution in [0.1, 0.15) is 67.5 Å². The number of amides is 1. The van der Waals surface area contributed by atoms with Crippen molar-refractivity contribution < 1.29 is 9.53 Å². The van der Waals surface area contributed by atoms with Crippen molar-refractivity contribution >= 4 is 17.7 Å². The SMILES string of the molecule is C=CCn1c(COc2ccc3c(c2C)CCCC3)nnc1SCC(=O)NC1CCCCC1. The Morgan fingerprint density at radius 1 is 1.22 bits per heavy atom. The standard InChI is InChI=1S/C25H34N4O2S/c1-3-15-29-23(16-31-22-14-13-19-9-7-8-12-21(19)18(22)2)27-28-25(29)32-17-24(30)26-20-10-5-4-6-11-20/h3,13-14,20H,1,4-12,15-17H2,2H3,(H,26,30). The smallest absolute Gasteiger partial charge is 0.230 e. The molecule has 0 saturated heterocycles. The van der Waals surface area contributed by atoms with E-state index in [0.29, 0.717) is 24.9 Å². The Labute approximate surface area is 195 Å². The predicted octanol–water partition coefficient (Wildman–Crippen LogP) is 4.77. The van der Waals surface area contributed by atoms with Gasteiger partial charge < -0.3 is 10.1 Å². The minimum atomic E-state index is 0.0672. The number of hydrogen-bond acceptors (Lipinski definition) is 5. The van der Waals surface area contributed by atoms with E-state index in [9.17, 15) is 4.79 Å². The number of thioether (sulfide) groups is 1. The van der Waals surface area contributed by atoms with Crippen molar-refractivity contribution in [2.45, 2.75) is 89.1 Å². The van der Waals surface area contributed by atoms with Gasteiger partial charge >= 0.3 is 0 Å². The highest BCUT2D eigenvalue weighted by Gasteiger charge is 2.19. The molecule has 1 amide bonds. The minimum absolute atomic E-state index is 0.0672. The Morgan fingerprint density at radius 2 is 2.03 bits per heavy atom. The molecule has 0 bridgehead atoms. The molecule has 0 spiro atoms. The van der Waals surface area contributed by atoms with Gasteiger partial charge in [-0.15, -0.1) is 16.8 Å². The number of fused-ring (bicyclic) bond motifs is 1. The number of benzene rings is 1. The fourth-order valence-electron chi connectivity index (χ4n) is 4.78. The topological polar surface area (TPSA) is 69.0 Å². The highest BCUT2D eigenvalue weighted by atomic mass is 32.2. The van der Waals surface area contributed by atoms with Crippen molar-refractivity contribution in [3.63, 3.8) is 0 Å². The number of ether oxygens (including phenoxy) is 1. The second-order valence-electron chi connectivity index (χ2n) is 8.81. The summed E-state index contributed by atoms with van der Waals surface area (Å²) in [6, 6.07) is 4.61. The largest absolute Gasteiger partial charge is 0.485 e. The number of hydrogen-bond donors (Lipinski definition) is 1. The van der Waals surface area contributed by atoms with Gasteiger partial charge in [0.15, 0.2) is 11.0 Å². The summed E-state index contributed by atoms with van der Waals surface area (Å²) in [5.74, 6) is 2.07. The van der Waals surface area contributed by atoms with E-state index in [4.69, 9.17) is 4.74 Å². The van der Waals surface area contributed by atoms with Crippen LogP contribution in [0.5, 0.6) is 5.75 Å². The van der Waals surface area contributed by atoms with Crippen molar-refractivity contribution in [2.24, 2.45) is 0 Å². The average Bonchev–Trinajstić information content (AvgIpc) is 3.20. The Morgan fingerprint density at radius 3 is 2.84 bits per heavy atom. The summed E-state index contributed by atoms with van der Waals surface area (Å²) in [5.41, 5.74) is 4.15. The van der Waals surface area contributed by atoms with Gasteiger partial charge in [-0.3, -0.25) is 9.36 Å². The monoisotopic (exact) mass is 454 g/mol. The van der Waals surface area contributed by atoms with E-state index in [1.807, 2.05) is 10.6 Å². The highest BCUT2D eigenvalue weighted by molar-refractivity contribution is 7.99. The predicted molar refractivity (Wildman–Crippen MR) is 128 cm³/mol.